The van der Waals surface area contributed by atoms with Crippen molar-refractivity contribution in [3.8, 4) is 11.5 Å². The van der Waals surface area contributed by atoms with Gasteiger partial charge in [-0.1, -0.05) is 11.6 Å². The lowest BCUT2D eigenvalue weighted by atomic mass is 10.0. The first-order valence-corrected chi connectivity index (χ1v) is 6.13. The van der Waals surface area contributed by atoms with E-state index in [1.54, 1.807) is 0 Å². The van der Waals surface area contributed by atoms with Crippen LogP contribution in [0.3, 0.4) is 0 Å². The molecule has 19 heavy (non-hydrogen) atoms. The first kappa shape index (κ1) is 13.9. The molecule has 1 unspecified atom stereocenters. The summed E-state index contributed by atoms with van der Waals surface area (Å²) in [5.74, 6) is -1.46. The molecule has 1 aromatic carbocycles. The minimum absolute atomic E-state index is 0.0493. The Balaban J connectivity index is 2.50. The third-order valence-corrected chi connectivity index (χ3v) is 3.01. The zero-order chi connectivity index (χ0) is 14.0. The lowest BCUT2D eigenvalue weighted by Crippen LogP contribution is -2.18. The van der Waals surface area contributed by atoms with Gasteiger partial charge in [-0.05, 0) is 0 Å². The number of ether oxygens (including phenoxy) is 2. The summed E-state index contributed by atoms with van der Waals surface area (Å²) in [5.41, 5.74) is 5.68. The average molecular weight is 290 g/mol. The molecule has 0 fully saturated rings. The number of fused-ring (bicyclic) bond motifs is 1. The predicted octanol–water partition coefficient (Wildman–Crippen LogP) is 2.11. The second-order valence-corrected chi connectivity index (χ2v) is 4.58. The van der Waals surface area contributed by atoms with Crippen LogP contribution in [0, 0.1) is 5.82 Å². The molecule has 0 aliphatic carbocycles. The van der Waals surface area contributed by atoms with E-state index >= 15 is 0 Å². The third kappa shape index (κ3) is 2.90. The molecule has 1 atom stereocenters. The van der Waals surface area contributed by atoms with Gasteiger partial charge in [0.2, 0.25) is 0 Å². The van der Waals surface area contributed by atoms with Crippen molar-refractivity contribution in [3.63, 3.8) is 0 Å². The van der Waals surface area contributed by atoms with E-state index in [2.05, 4.69) is 0 Å². The molecule has 0 bridgehead atoms. The van der Waals surface area contributed by atoms with Crippen LogP contribution in [0.15, 0.2) is 6.07 Å². The highest BCUT2D eigenvalue weighted by Crippen LogP contribution is 2.41. The first-order valence-electron chi connectivity index (χ1n) is 5.75. The van der Waals surface area contributed by atoms with Gasteiger partial charge in [-0.15, -0.1) is 0 Å². The average Bonchev–Trinajstić information content (AvgIpc) is 2.54. The summed E-state index contributed by atoms with van der Waals surface area (Å²) in [6.45, 7) is 0.767. The summed E-state index contributed by atoms with van der Waals surface area (Å²) < 4.78 is 24.9. The van der Waals surface area contributed by atoms with Crippen LogP contribution in [0.25, 0.3) is 0 Å². The monoisotopic (exact) mass is 289 g/mol. The molecular formula is C12H13ClFNO4. The van der Waals surface area contributed by atoms with E-state index in [1.165, 1.54) is 6.07 Å². The Morgan fingerprint density at radius 1 is 1.53 bits per heavy atom. The summed E-state index contributed by atoms with van der Waals surface area (Å²) in [4.78, 5) is 10.7. The van der Waals surface area contributed by atoms with Gasteiger partial charge >= 0.3 is 5.97 Å². The zero-order valence-electron chi connectivity index (χ0n) is 9.99. The van der Waals surface area contributed by atoms with Crippen molar-refractivity contribution in [2.24, 2.45) is 5.73 Å². The fraction of sp³-hybridized carbons (Fsp3) is 0.417. The number of aliphatic carboxylic acids is 1. The number of hydrogen-bond acceptors (Lipinski definition) is 4. The molecule has 3 N–H and O–H groups in total. The molecule has 0 radical (unpaired) electrons. The number of carboxylic acid groups (broad SMARTS) is 1. The molecule has 0 spiro atoms. The van der Waals surface area contributed by atoms with Gasteiger partial charge in [0, 0.05) is 18.5 Å². The summed E-state index contributed by atoms with van der Waals surface area (Å²) >= 11 is 5.77. The van der Waals surface area contributed by atoms with Gasteiger partial charge in [-0.2, -0.15) is 0 Å². The van der Waals surface area contributed by atoms with Gasteiger partial charge < -0.3 is 20.3 Å². The molecule has 0 amide bonds. The van der Waals surface area contributed by atoms with E-state index in [9.17, 15) is 9.18 Å². The molecule has 1 aliphatic rings. The van der Waals surface area contributed by atoms with E-state index in [0.29, 0.717) is 25.4 Å². The molecule has 0 saturated carbocycles. The molecule has 0 aromatic heterocycles. The molecule has 1 heterocycles. The van der Waals surface area contributed by atoms with Crippen molar-refractivity contribution in [1.29, 1.82) is 0 Å². The van der Waals surface area contributed by atoms with Crippen molar-refractivity contribution < 1.29 is 23.8 Å². The van der Waals surface area contributed by atoms with Crippen molar-refractivity contribution >= 4 is 17.6 Å². The number of carboxylic acids is 1. The van der Waals surface area contributed by atoms with Crippen LogP contribution in [0.5, 0.6) is 11.5 Å². The Kier molecular flexibility index (Phi) is 4.11. The Labute approximate surface area is 114 Å². The number of halogens is 2. The third-order valence-electron chi connectivity index (χ3n) is 2.73. The maximum atomic E-state index is 14.1. The minimum Gasteiger partial charge on any atom is -0.489 e. The van der Waals surface area contributed by atoms with Crippen LogP contribution in [-0.2, 0) is 4.79 Å². The van der Waals surface area contributed by atoms with Crippen molar-refractivity contribution in [3.05, 3.63) is 22.5 Å². The highest BCUT2D eigenvalue weighted by Gasteiger charge is 2.27. The Bertz CT molecular complexity index is 509. The number of benzene rings is 1. The van der Waals surface area contributed by atoms with Crippen molar-refractivity contribution in [2.45, 2.75) is 18.9 Å². The smallest absolute Gasteiger partial charge is 0.305 e. The molecule has 104 valence electrons. The van der Waals surface area contributed by atoms with E-state index in [-0.39, 0.29) is 16.3 Å². The predicted molar refractivity (Wildman–Crippen MR) is 66.2 cm³/mol. The number of nitrogens with two attached hydrogens (primary N) is 1. The number of rotatable bonds is 3. The summed E-state index contributed by atoms with van der Waals surface area (Å²) in [6.07, 6.45) is 0.217. The summed E-state index contributed by atoms with van der Waals surface area (Å²) in [5, 5.41) is 8.59. The summed E-state index contributed by atoms with van der Waals surface area (Å²) in [6, 6.07) is 0.265. The van der Waals surface area contributed by atoms with Crippen LogP contribution in [0.4, 0.5) is 4.39 Å². The van der Waals surface area contributed by atoms with Crippen LogP contribution in [0.2, 0.25) is 5.02 Å². The van der Waals surface area contributed by atoms with Crippen molar-refractivity contribution in [1.82, 2.24) is 0 Å². The second kappa shape index (κ2) is 5.63. The molecule has 1 aliphatic heterocycles. The van der Waals surface area contributed by atoms with Crippen LogP contribution >= 0.6 is 11.6 Å². The Morgan fingerprint density at radius 2 is 2.21 bits per heavy atom. The molecular weight excluding hydrogens is 277 g/mol. The topological polar surface area (TPSA) is 81.8 Å². The standard InChI is InChI=1S/C12H13ClFNO4/c13-6-4-8-12(19-3-1-2-18-8)10(11(6)14)7(15)5-9(16)17/h4,7H,1-3,5,15H2,(H,16,17). The highest BCUT2D eigenvalue weighted by molar-refractivity contribution is 6.31. The van der Waals surface area contributed by atoms with Crippen LogP contribution in [-0.4, -0.2) is 24.3 Å². The van der Waals surface area contributed by atoms with Gasteiger partial charge in [0.05, 0.1) is 30.2 Å². The number of hydrogen-bond donors (Lipinski definition) is 2. The largest absolute Gasteiger partial charge is 0.489 e. The summed E-state index contributed by atoms with van der Waals surface area (Å²) in [7, 11) is 0. The van der Waals surface area contributed by atoms with Gasteiger partial charge in [0.15, 0.2) is 17.3 Å². The quantitative estimate of drug-likeness (QED) is 0.890. The molecule has 5 nitrogen and oxygen atoms in total. The fourth-order valence-corrected chi connectivity index (χ4v) is 2.10. The second-order valence-electron chi connectivity index (χ2n) is 4.17. The molecule has 2 rings (SSSR count). The van der Waals surface area contributed by atoms with Gasteiger partial charge in [0.25, 0.3) is 0 Å². The maximum absolute atomic E-state index is 14.1. The van der Waals surface area contributed by atoms with E-state index in [1.807, 2.05) is 0 Å². The molecule has 0 saturated heterocycles. The normalized spacial score (nSPS) is 15.7. The minimum atomic E-state index is -1.13. The van der Waals surface area contributed by atoms with Crippen LogP contribution < -0.4 is 15.2 Å². The molecule has 7 heteroatoms. The maximum Gasteiger partial charge on any atom is 0.305 e. The lowest BCUT2D eigenvalue weighted by Gasteiger charge is -2.18. The zero-order valence-corrected chi connectivity index (χ0v) is 10.7. The Hall–Kier alpha value is -1.53. The van der Waals surface area contributed by atoms with Gasteiger partial charge in [0.1, 0.15) is 0 Å². The fourth-order valence-electron chi connectivity index (χ4n) is 1.90. The van der Waals surface area contributed by atoms with E-state index in [4.69, 9.17) is 31.9 Å². The molecule has 1 aromatic rings. The number of carbonyl (C=O) groups is 1. The highest BCUT2D eigenvalue weighted by atomic mass is 35.5. The lowest BCUT2D eigenvalue weighted by molar-refractivity contribution is -0.137. The van der Waals surface area contributed by atoms with E-state index in [0.717, 1.165) is 0 Å². The first-order chi connectivity index (χ1) is 9.00. The van der Waals surface area contributed by atoms with Gasteiger partial charge in [-0.25, -0.2) is 4.39 Å². The SMILES string of the molecule is NC(CC(=O)O)c1c(F)c(Cl)cc2c1OCCCO2. The van der Waals surface area contributed by atoms with Gasteiger partial charge in [-0.3, -0.25) is 4.79 Å². The van der Waals surface area contributed by atoms with Crippen molar-refractivity contribution in [2.75, 3.05) is 13.2 Å². The van der Waals surface area contributed by atoms with Crippen LogP contribution in [0.1, 0.15) is 24.4 Å². The van der Waals surface area contributed by atoms with E-state index < -0.39 is 24.2 Å². The Morgan fingerprint density at radius 3 is 2.89 bits per heavy atom.